The third-order valence-electron chi connectivity index (χ3n) is 7.45. The van der Waals surface area contributed by atoms with Crippen molar-refractivity contribution in [1.82, 2.24) is 10.6 Å². The molecule has 33 heavy (non-hydrogen) atoms. The molecule has 5 N–H and O–H groups in total. The molecule has 3 saturated heterocycles. The summed E-state index contributed by atoms with van der Waals surface area (Å²) in [6, 6.07) is -0.930. The second-order valence-corrected chi connectivity index (χ2v) is 11.6. The van der Waals surface area contributed by atoms with Gasteiger partial charge >= 0.3 is 0 Å². The van der Waals surface area contributed by atoms with Gasteiger partial charge in [0.05, 0.1) is 12.1 Å². The normalized spacial score (nSPS) is 45.2. The summed E-state index contributed by atoms with van der Waals surface area (Å²) in [4.78, 5) is 13.4. The van der Waals surface area contributed by atoms with Crippen molar-refractivity contribution in [3.63, 3.8) is 0 Å². The molecule has 0 aliphatic carbocycles. The smallest absolute Gasteiger partial charge is 0.240 e. The van der Waals surface area contributed by atoms with Gasteiger partial charge in [0.25, 0.3) is 0 Å². The summed E-state index contributed by atoms with van der Waals surface area (Å²) in [5.41, 5.74) is -0.660. The number of carbonyl (C=O) groups excluding carboxylic acids is 1. The molecule has 1 amide bonds. The van der Waals surface area contributed by atoms with Crippen molar-refractivity contribution in [2.24, 2.45) is 17.8 Å². The highest BCUT2D eigenvalue weighted by Crippen LogP contribution is 2.34. The van der Waals surface area contributed by atoms with Crippen LogP contribution in [-0.4, -0.2) is 88.2 Å². The van der Waals surface area contributed by atoms with E-state index >= 15 is 0 Å². The number of rotatable bonds is 4. The highest BCUT2D eigenvalue weighted by molar-refractivity contribution is 7.99. The van der Waals surface area contributed by atoms with Crippen molar-refractivity contribution < 1.29 is 29.6 Å². The van der Waals surface area contributed by atoms with Gasteiger partial charge in [-0.25, -0.2) is 0 Å². The molecular formula is C24H40N2O6S. The summed E-state index contributed by atoms with van der Waals surface area (Å²) in [5.74, 6) is 2.09. The average Bonchev–Trinajstić information content (AvgIpc) is 3.06. The van der Waals surface area contributed by atoms with Gasteiger partial charge in [0.15, 0.2) is 0 Å². The van der Waals surface area contributed by atoms with E-state index in [0.29, 0.717) is 36.5 Å². The van der Waals surface area contributed by atoms with E-state index in [1.807, 2.05) is 6.08 Å². The van der Waals surface area contributed by atoms with Crippen LogP contribution in [-0.2, 0) is 14.3 Å². The number of fused-ring (bicyclic) bond motifs is 3. The molecule has 8 nitrogen and oxygen atoms in total. The van der Waals surface area contributed by atoms with E-state index < -0.39 is 41.9 Å². The Morgan fingerprint density at radius 3 is 2.76 bits per heavy atom. The summed E-state index contributed by atoms with van der Waals surface area (Å²) in [6.45, 7) is 5.94. The Labute approximate surface area is 200 Å². The Morgan fingerprint density at radius 2 is 1.97 bits per heavy atom. The minimum atomic E-state index is -1.32. The van der Waals surface area contributed by atoms with Crippen molar-refractivity contribution in [1.29, 1.82) is 0 Å². The second-order valence-electron chi connectivity index (χ2n) is 10.4. The predicted octanol–water partition coefficient (Wildman–Crippen LogP) is 0.791. The summed E-state index contributed by atoms with van der Waals surface area (Å²) >= 11 is 1.38. The fourth-order valence-electron chi connectivity index (χ4n) is 5.82. The number of carbonyl (C=O) groups is 1. The van der Waals surface area contributed by atoms with Gasteiger partial charge in [-0.1, -0.05) is 26.0 Å². The van der Waals surface area contributed by atoms with E-state index in [1.165, 1.54) is 18.2 Å². The first-order valence-electron chi connectivity index (χ1n) is 12.5. The average molecular weight is 485 g/mol. The Morgan fingerprint density at radius 1 is 1.15 bits per heavy atom. The molecule has 3 fully saturated rings. The number of ether oxygens (including phenoxy) is 2. The van der Waals surface area contributed by atoms with Gasteiger partial charge in [-0.2, -0.15) is 0 Å². The predicted molar refractivity (Wildman–Crippen MR) is 127 cm³/mol. The Hall–Kier alpha value is -0.680. The topological polar surface area (TPSA) is 120 Å². The number of amides is 1. The van der Waals surface area contributed by atoms with Gasteiger partial charge in [-0.15, -0.1) is 11.8 Å². The monoisotopic (exact) mass is 484 g/mol. The molecule has 5 unspecified atom stereocenters. The zero-order valence-corrected chi connectivity index (χ0v) is 20.5. The highest BCUT2D eigenvalue weighted by Gasteiger charge is 2.48. The molecule has 0 saturated carbocycles. The minimum absolute atomic E-state index is 0.156. The molecule has 4 heterocycles. The maximum Gasteiger partial charge on any atom is 0.240 e. The summed E-state index contributed by atoms with van der Waals surface area (Å²) in [5, 5.41) is 37.9. The Kier molecular flexibility index (Phi) is 8.76. The first kappa shape index (κ1) is 25.4. The first-order valence-corrected chi connectivity index (χ1v) is 13.5. The molecule has 2 bridgehead atoms. The van der Waals surface area contributed by atoms with E-state index in [1.54, 1.807) is 0 Å². The molecular weight excluding hydrogens is 444 g/mol. The van der Waals surface area contributed by atoms with Crippen LogP contribution >= 0.6 is 11.8 Å². The van der Waals surface area contributed by atoms with E-state index in [4.69, 9.17) is 9.47 Å². The van der Waals surface area contributed by atoms with Crippen molar-refractivity contribution >= 4 is 17.7 Å². The fourth-order valence-corrected chi connectivity index (χ4v) is 6.82. The number of thioether (sulfide) groups is 1. The molecule has 0 aromatic rings. The molecule has 0 radical (unpaired) electrons. The van der Waals surface area contributed by atoms with E-state index in [-0.39, 0.29) is 12.0 Å². The lowest BCUT2D eigenvalue weighted by atomic mass is 9.85. The fraction of sp³-hybridized carbons (Fsp3) is 0.875. The van der Waals surface area contributed by atoms with Crippen LogP contribution in [0.2, 0.25) is 0 Å². The van der Waals surface area contributed by atoms with Crippen molar-refractivity contribution in [2.75, 3.05) is 18.9 Å². The molecule has 0 aromatic carbocycles. The van der Waals surface area contributed by atoms with Crippen LogP contribution in [0.1, 0.15) is 46.0 Å². The maximum absolute atomic E-state index is 13.4. The van der Waals surface area contributed by atoms with Crippen LogP contribution in [0.4, 0.5) is 0 Å². The van der Waals surface area contributed by atoms with Crippen LogP contribution in [0, 0.1) is 17.8 Å². The van der Waals surface area contributed by atoms with Gasteiger partial charge in [-0.3, -0.25) is 4.79 Å². The van der Waals surface area contributed by atoms with Gasteiger partial charge in [0.1, 0.15) is 35.9 Å². The van der Waals surface area contributed by atoms with E-state index in [0.717, 1.165) is 25.8 Å². The molecule has 0 spiro atoms. The second kappa shape index (κ2) is 11.4. The maximum atomic E-state index is 13.4. The zero-order valence-electron chi connectivity index (χ0n) is 19.6. The van der Waals surface area contributed by atoms with Crippen molar-refractivity contribution in [3.8, 4) is 0 Å². The lowest BCUT2D eigenvalue weighted by Gasteiger charge is -2.44. The standard InChI is InChI=1S/C24H40N2O6S/c1-13(2)10-14-7-8-31-21-15(11-14)12-25-17(21)23(30)26-16-6-4-3-5-9-33-24-20(29)18(27)19(28)22(16)32-24/h3,5,13-22,24-25,27-29H,4,6-12H2,1-2H3,(H,26,30)/b5-3-/t14-,15-,16+,17-,18?,19?,20?,21+,22?,24?/m0/s1. The van der Waals surface area contributed by atoms with Gasteiger partial charge in [0, 0.05) is 18.9 Å². The molecule has 9 heteroatoms. The Balaban J connectivity index is 1.44. The van der Waals surface area contributed by atoms with Crippen molar-refractivity contribution in [3.05, 3.63) is 12.2 Å². The lowest BCUT2D eigenvalue weighted by Crippen LogP contribution is -2.64. The van der Waals surface area contributed by atoms with Crippen LogP contribution < -0.4 is 10.6 Å². The highest BCUT2D eigenvalue weighted by atomic mass is 32.2. The summed E-state index contributed by atoms with van der Waals surface area (Å²) in [7, 11) is 0. The quantitative estimate of drug-likeness (QED) is 0.372. The SMILES string of the molecule is CC(C)C[C@@H]1CCO[C@@H]2[C@H](CN[C@@H]2C(=O)N[C@@H]2CC/C=C\CSC3OC2C(O)C(O)C3O)C1. The van der Waals surface area contributed by atoms with Gasteiger partial charge in [-0.05, 0) is 49.9 Å². The van der Waals surface area contributed by atoms with Crippen LogP contribution in [0.15, 0.2) is 12.2 Å². The number of aliphatic hydroxyl groups excluding tert-OH is 3. The molecule has 0 aromatic heterocycles. The van der Waals surface area contributed by atoms with Crippen LogP contribution in [0.3, 0.4) is 0 Å². The number of hydrogen-bond acceptors (Lipinski definition) is 8. The summed E-state index contributed by atoms with van der Waals surface area (Å²) < 4.78 is 12.2. The third kappa shape index (κ3) is 5.94. The number of aliphatic hydroxyl groups is 3. The number of nitrogens with one attached hydrogen (secondary N) is 2. The van der Waals surface area contributed by atoms with Crippen LogP contribution in [0.5, 0.6) is 0 Å². The summed E-state index contributed by atoms with van der Waals surface area (Å²) in [6.07, 6.45) is 3.92. The van der Waals surface area contributed by atoms with Crippen molar-refractivity contribution in [2.45, 2.75) is 94.0 Å². The lowest BCUT2D eigenvalue weighted by molar-refractivity contribution is -0.205. The largest absolute Gasteiger partial charge is 0.388 e. The number of allylic oxidation sites excluding steroid dienone is 1. The molecule has 4 rings (SSSR count). The number of hydrogen-bond donors (Lipinski definition) is 5. The van der Waals surface area contributed by atoms with Gasteiger partial charge in [0.2, 0.25) is 5.91 Å². The van der Waals surface area contributed by atoms with E-state index in [9.17, 15) is 20.1 Å². The molecule has 188 valence electrons. The molecule has 4 aliphatic rings. The van der Waals surface area contributed by atoms with Gasteiger partial charge < -0.3 is 35.4 Å². The van der Waals surface area contributed by atoms with Crippen LogP contribution in [0.25, 0.3) is 0 Å². The Bertz CT molecular complexity index is 694. The minimum Gasteiger partial charge on any atom is -0.388 e. The zero-order chi connectivity index (χ0) is 23.5. The molecule has 4 aliphatic heterocycles. The third-order valence-corrected chi connectivity index (χ3v) is 8.55. The van der Waals surface area contributed by atoms with E-state index in [2.05, 4.69) is 30.6 Å². The first-order chi connectivity index (χ1) is 15.8. The molecule has 10 atom stereocenters.